The molecule has 3 rings (SSSR count). The molecule has 2 aliphatic rings. The lowest BCUT2D eigenvalue weighted by molar-refractivity contribution is -0.115. The first-order chi connectivity index (χ1) is 9.67. The van der Waals surface area contributed by atoms with Crippen LogP contribution in [0.5, 0.6) is 17.2 Å². The van der Waals surface area contributed by atoms with E-state index < -0.39 is 0 Å². The summed E-state index contributed by atoms with van der Waals surface area (Å²) in [5, 5.41) is 5.59. The van der Waals surface area contributed by atoms with Crippen molar-refractivity contribution < 1.29 is 19.0 Å². The van der Waals surface area contributed by atoms with Gasteiger partial charge in [0.1, 0.15) is 11.4 Å². The first-order valence-electron chi connectivity index (χ1n) is 6.08. The molecule has 104 valence electrons. The standard InChI is InChI=1S/C13H12N2O4S/c1-2-17-9-5-11-10(18-6-19-11)4-7(9)3-8-12(16)15-13(20)14-8/h3-5H,2,6H2,1H3,(H2,14,15,16,20). The van der Waals surface area contributed by atoms with Gasteiger partial charge in [0, 0.05) is 11.6 Å². The minimum atomic E-state index is -0.268. The number of thiocarbonyl (C=S) groups is 1. The predicted molar refractivity (Wildman–Crippen MR) is 75.6 cm³/mol. The number of rotatable bonds is 3. The molecule has 2 heterocycles. The molecule has 0 aliphatic carbocycles. The summed E-state index contributed by atoms with van der Waals surface area (Å²) in [4.78, 5) is 11.7. The highest BCUT2D eigenvalue weighted by Gasteiger charge is 2.22. The molecule has 1 saturated heterocycles. The fourth-order valence-corrected chi connectivity index (χ4v) is 2.17. The molecule has 20 heavy (non-hydrogen) atoms. The van der Waals surface area contributed by atoms with E-state index in [1.165, 1.54) is 0 Å². The number of hydrogen-bond donors (Lipinski definition) is 2. The fraction of sp³-hybridized carbons (Fsp3) is 0.231. The second kappa shape index (κ2) is 5.01. The molecule has 0 atom stereocenters. The summed E-state index contributed by atoms with van der Waals surface area (Å²) in [6, 6.07) is 3.53. The summed E-state index contributed by atoms with van der Waals surface area (Å²) in [6.07, 6.45) is 1.67. The van der Waals surface area contributed by atoms with Gasteiger partial charge in [0.25, 0.3) is 5.91 Å². The average molecular weight is 292 g/mol. The van der Waals surface area contributed by atoms with Crippen LogP contribution in [-0.2, 0) is 4.79 Å². The van der Waals surface area contributed by atoms with Crippen LogP contribution in [0.25, 0.3) is 6.08 Å². The number of carbonyl (C=O) groups is 1. The van der Waals surface area contributed by atoms with Crippen LogP contribution in [0.15, 0.2) is 17.8 Å². The van der Waals surface area contributed by atoms with E-state index in [2.05, 4.69) is 10.6 Å². The van der Waals surface area contributed by atoms with Gasteiger partial charge in [0.05, 0.1) is 6.61 Å². The lowest BCUT2D eigenvalue weighted by atomic mass is 10.1. The van der Waals surface area contributed by atoms with Gasteiger partial charge in [-0.2, -0.15) is 0 Å². The van der Waals surface area contributed by atoms with E-state index in [4.69, 9.17) is 26.4 Å². The molecule has 1 aromatic carbocycles. The molecule has 0 radical (unpaired) electrons. The zero-order valence-electron chi connectivity index (χ0n) is 10.7. The zero-order valence-corrected chi connectivity index (χ0v) is 11.5. The third-order valence-corrected chi connectivity index (χ3v) is 3.03. The van der Waals surface area contributed by atoms with Crippen molar-refractivity contribution in [1.29, 1.82) is 0 Å². The van der Waals surface area contributed by atoms with Gasteiger partial charge in [-0.3, -0.25) is 10.1 Å². The maximum Gasteiger partial charge on any atom is 0.273 e. The van der Waals surface area contributed by atoms with E-state index in [-0.39, 0.29) is 12.7 Å². The van der Waals surface area contributed by atoms with E-state index in [1.807, 2.05) is 6.92 Å². The molecular weight excluding hydrogens is 280 g/mol. The molecule has 1 aromatic rings. The molecule has 1 amide bonds. The Kier molecular flexibility index (Phi) is 3.19. The Morgan fingerprint density at radius 2 is 2.10 bits per heavy atom. The highest BCUT2D eigenvalue weighted by molar-refractivity contribution is 7.80. The van der Waals surface area contributed by atoms with E-state index in [9.17, 15) is 4.79 Å². The summed E-state index contributed by atoms with van der Waals surface area (Å²) in [7, 11) is 0. The third kappa shape index (κ3) is 2.27. The van der Waals surface area contributed by atoms with Crippen LogP contribution in [-0.4, -0.2) is 24.4 Å². The maximum absolute atomic E-state index is 11.7. The van der Waals surface area contributed by atoms with Gasteiger partial charge < -0.3 is 19.5 Å². The zero-order chi connectivity index (χ0) is 14.1. The lowest BCUT2D eigenvalue weighted by Gasteiger charge is -2.09. The van der Waals surface area contributed by atoms with Crippen molar-refractivity contribution in [1.82, 2.24) is 10.6 Å². The van der Waals surface area contributed by atoms with Crippen LogP contribution in [0.1, 0.15) is 12.5 Å². The van der Waals surface area contributed by atoms with Gasteiger partial charge >= 0.3 is 0 Å². The molecule has 0 aromatic heterocycles. The van der Waals surface area contributed by atoms with Crippen molar-refractivity contribution >= 4 is 29.3 Å². The van der Waals surface area contributed by atoms with Gasteiger partial charge in [-0.15, -0.1) is 0 Å². The van der Waals surface area contributed by atoms with Crippen LogP contribution in [0.4, 0.5) is 0 Å². The Balaban J connectivity index is 2.01. The van der Waals surface area contributed by atoms with Crippen molar-refractivity contribution in [3.8, 4) is 17.2 Å². The highest BCUT2D eigenvalue weighted by Crippen LogP contribution is 2.39. The number of fused-ring (bicyclic) bond motifs is 1. The molecule has 0 spiro atoms. The van der Waals surface area contributed by atoms with Gasteiger partial charge in [-0.25, -0.2) is 0 Å². The largest absolute Gasteiger partial charge is 0.493 e. The monoisotopic (exact) mass is 292 g/mol. The molecule has 2 N–H and O–H groups in total. The van der Waals surface area contributed by atoms with Crippen molar-refractivity contribution in [2.75, 3.05) is 13.4 Å². The van der Waals surface area contributed by atoms with Crippen LogP contribution in [0.2, 0.25) is 0 Å². The van der Waals surface area contributed by atoms with Crippen LogP contribution >= 0.6 is 12.2 Å². The molecule has 6 nitrogen and oxygen atoms in total. The molecule has 7 heteroatoms. The Bertz CT molecular complexity index is 627. The molecule has 0 bridgehead atoms. The summed E-state index contributed by atoms with van der Waals surface area (Å²) < 4.78 is 16.2. The predicted octanol–water partition coefficient (Wildman–Crippen LogP) is 1.16. The first-order valence-corrected chi connectivity index (χ1v) is 6.48. The van der Waals surface area contributed by atoms with E-state index in [0.717, 1.165) is 5.56 Å². The summed E-state index contributed by atoms with van der Waals surface area (Å²) in [6.45, 7) is 2.58. The van der Waals surface area contributed by atoms with E-state index >= 15 is 0 Å². The van der Waals surface area contributed by atoms with Crippen LogP contribution in [0.3, 0.4) is 0 Å². The Morgan fingerprint density at radius 1 is 1.35 bits per heavy atom. The Morgan fingerprint density at radius 3 is 2.75 bits per heavy atom. The van der Waals surface area contributed by atoms with Crippen molar-refractivity contribution in [3.63, 3.8) is 0 Å². The smallest absolute Gasteiger partial charge is 0.273 e. The summed E-state index contributed by atoms with van der Waals surface area (Å²) in [5.41, 5.74) is 1.09. The number of benzene rings is 1. The number of ether oxygens (including phenoxy) is 3. The fourth-order valence-electron chi connectivity index (χ4n) is 1.97. The molecule has 0 saturated carbocycles. The molecule has 1 fully saturated rings. The number of nitrogens with one attached hydrogen (secondary N) is 2. The Labute approximate surface area is 120 Å². The third-order valence-electron chi connectivity index (χ3n) is 2.82. The van der Waals surface area contributed by atoms with E-state index in [0.29, 0.717) is 34.7 Å². The second-order valence-electron chi connectivity index (χ2n) is 4.14. The maximum atomic E-state index is 11.7. The minimum Gasteiger partial charge on any atom is -0.493 e. The molecule has 0 unspecified atom stereocenters. The first kappa shape index (κ1) is 12.7. The van der Waals surface area contributed by atoms with E-state index in [1.54, 1.807) is 18.2 Å². The van der Waals surface area contributed by atoms with Crippen molar-refractivity contribution in [2.45, 2.75) is 6.92 Å². The lowest BCUT2D eigenvalue weighted by Crippen LogP contribution is -2.21. The number of hydrogen-bond acceptors (Lipinski definition) is 5. The second-order valence-corrected chi connectivity index (χ2v) is 4.55. The van der Waals surface area contributed by atoms with Crippen LogP contribution < -0.4 is 24.8 Å². The topological polar surface area (TPSA) is 68.8 Å². The minimum absolute atomic E-state index is 0.184. The SMILES string of the molecule is CCOc1cc2c(cc1C=C1NC(=S)NC1=O)OCO2. The van der Waals surface area contributed by atoms with Crippen molar-refractivity contribution in [3.05, 3.63) is 23.4 Å². The normalized spacial score (nSPS) is 18.1. The quantitative estimate of drug-likeness (QED) is 0.643. The van der Waals surface area contributed by atoms with Crippen LogP contribution in [0, 0.1) is 0 Å². The molecular formula is C13H12N2O4S. The summed E-state index contributed by atoms with van der Waals surface area (Å²) in [5.74, 6) is 1.61. The molecule has 2 aliphatic heterocycles. The number of carbonyl (C=O) groups excluding carboxylic acids is 1. The number of amides is 1. The highest BCUT2D eigenvalue weighted by atomic mass is 32.1. The Hall–Kier alpha value is -2.28. The van der Waals surface area contributed by atoms with Gasteiger partial charge in [-0.1, -0.05) is 0 Å². The van der Waals surface area contributed by atoms with Gasteiger partial charge in [0.2, 0.25) is 6.79 Å². The summed E-state index contributed by atoms with van der Waals surface area (Å²) >= 11 is 4.89. The van der Waals surface area contributed by atoms with Gasteiger partial charge in [0.15, 0.2) is 16.6 Å². The average Bonchev–Trinajstić information content (AvgIpc) is 2.97. The van der Waals surface area contributed by atoms with Crippen molar-refractivity contribution in [2.24, 2.45) is 0 Å². The van der Waals surface area contributed by atoms with Gasteiger partial charge in [-0.05, 0) is 31.3 Å².